The molecule has 0 radical (unpaired) electrons. The molecule has 2 aromatic heterocycles. The maximum Gasteiger partial charge on any atom is 0.224 e. The number of aromatic nitrogens is 3. The Labute approximate surface area is 110 Å². The second-order valence-electron chi connectivity index (χ2n) is 4.42. The van der Waals surface area contributed by atoms with Crippen LogP contribution in [0.15, 0.2) is 42.9 Å². The fourth-order valence-corrected chi connectivity index (χ4v) is 2.09. The summed E-state index contributed by atoms with van der Waals surface area (Å²) in [5, 5.41) is 10.5. The molecule has 96 valence electrons. The van der Waals surface area contributed by atoms with Gasteiger partial charge in [0.25, 0.3) is 0 Å². The molecule has 1 aromatic carbocycles. The van der Waals surface area contributed by atoms with Gasteiger partial charge in [-0.15, -0.1) is 0 Å². The van der Waals surface area contributed by atoms with Gasteiger partial charge in [0.05, 0.1) is 12.6 Å². The number of H-pyrrole nitrogens is 2. The molecule has 0 unspecified atom stereocenters. The van der Waals surface area contributed by atoms with Gasteiger partial charge in [0.15, 0.2) is 0 Å². The Kier molecular flexibility index (Phi) is 3.02. The highest BCUT2D eigenvalue weighted by Gasteiger charge is 2.08. The lowest BCUT2D eigenvalue weighted by molar-refractivity contribution is -0.120. The van der Waals surface area contributed by atoms with Crippen LogP contribution in [-0.4, -0.2) is 21.1 Å². The molecule has 5 nitrogen and oxygen atoms in total. The summed E-state index contributed by atoms with van der Waals surface area (Å²) in [7, 11) is 0. The van der Waals surface area contributed by atoms with E-state index >= 15 is 0 Å². The van der Waals surface area contributed by atoms with Crippen LogP contribution in [0.3, 0.4) is 0 Å². The van der Waals surface area contributed by atoms with Crippen LogP contribution in [0.25, 0.3) is 10.9 Å². The van der Waals surface area contributed by atoms with Crippen molar-refractivity contribution in [2.75, 3.05) is 0 Å². The normalized spacial score (nSPS) is 10.7. The van der Waals surface area contributed by atoms with Crippen LogP contribution in [0, 0.1) is 0 Å². The average molecular weight is 254 g/mol. The topological polar surface area (TPSA) is 73.6 Å². The number of rotatable bonds is 4. The number of para-hydroxylation sites is 1. The van der Waals surface area contributed by atoms with Crippen molar-refractivity contribution in [2.45, 2.75) is 13.0 Å². The Morgan fingerprint density at radius 2 is 2.16 bits per heavy atom. The lowest BCUT2D eigenvalue weighted by Gasteiger charge is -2.02. The predicted octanol–water partition coefficient (Wildman–Crippen LogP) is 1.75. The molecule has 2 heterocycles. The first-order chi connectivity index (χ1) is 9.33. The van der Waals surface area contributed by atoms with E-state index in [4.69, 9.17) is 0 Å². The minimum Gasteiger partial charge on any atom is -0.361 e. The SMILES string of the molecule is O=C(Cc1c[nH]c2ccccc12)NCc1cn[nH]c1. The van der Waals surface area contributed by atoms with E-state index in [1.807, 2.05) is 30.5 Å². The van der Waals surface area contributed by atoms with E-state index in [0.29, 0.717) is 13.0 Å². The largest absolute Gasteiger partial charge is 0.361 e. The summed E-state index contributed by atoms with van der Waals surface area (Å²) in [5.41, 5.74) is 3.03. The summed E-state index contributed by atoms with van der Waals surface area (Å²) in [5.74, 6) is 0.00551. The summed E-state index contributed by atoms with van der Waals surface area (Å²) < 4.78 is 0. The first-order valence-electron chi connectivity index (χ1n) is 6.12. The molecule has 0 aliphatic carbocycles. The van der Waals surface area contributed by atoms with Crippen molar-refractivity contribution in [2.24, 2.45) is 0 Å². The molecule has 0 saturated carbocycles. The second kappa shape index (κ2) is 4.97. The Bertz CT molecular complexity index is 684. The molecule has 0 atom stereocenters. The van der Waals surface area contributed by atoms with Crippen molar-refractivity contribution in [3.8, 4) is 0 Å². The quantitative estimate of drug-likeness (QED) is 0.663. The van der Waals surface area contributed by atoms with Gasteiger partial charge in [-0.2, -0.15) is 5.10 Å². The molecule has 0 aliphatic rings. The smallest absolute Gasteiger partial charge is 0.224 e. The maximum atomic E-state index is 11.9. The van der Waals surface area contributed by atoms with Gasteiger partial charge >= 0.3 is 0 Å². The minimum absolute atomic E-state index is 0.00551. The van der Waals surface area contributed by atoms with Crippen LogP contribution in [0.2, 0.25) is 0 Å². The van der Waals surface area contributed by atoms with Gasteiger partial charge in [0, 0.05) is 35.4 Å². The zero-order valence-corrected chi connectivity index (χ0v) is 10.3. The van der Waals surface area contributed by atoms with E-state index in [2.05, 4.69) is 20.5 Å². The van der Waals surface area contributed by atoms with E-state index in [-0.39, 0.29) is 5.91 Å². The number of amides is 1. The average Bonchev–Trinajstić information content (AvgIpc) is 3.07. The standard InChI is InChI=1S/C14H14N4O/c19-14(16-6-10-7-17-18-8-10)5-11-9-15-13-4-2-1-3-12(11)13/h1-4,7-9,15H,5-6H2,(H,16,19)(H,17,18). The van der Waals surface area contributed by atoms with Gasteiger partial charge in [0.2, 0.25) is 5.91 Å². The molecule has 0 aliphatic heterocycles. The Balaban J connectivity index is 1.66. The van der Waals surface area contributed by atoms with Crippen molar-refractivity contribution in [3.63, 3.8) is 0 Å². The maximum absolute atomic E-state index is 11.9. The first kappa shape index (κ1) is 11.5. The number of aromatic amines is 2. The van der Waals surface area contributed by atoms with Crippen molar-refractivity contribution < 1.29 is 4.79 Å². The number of carbonyl (C=O) groups is 1. The fourth-order valence-electron chi connectivity index (χ4n) is 2.09. The number of benzene rings is 1. The van der Waals surface area contributed by atoms with Gasteiger partial charge in [-0.25, -0.2) is 0 Å². The number of nitrogens with one attached hydrogen (secondary N) is 3. The van der Waals surface area contributed by atoms with Crippen molar-refractivity contribution in [3.05, 3.63) is 54.0 Å². The van der Waals surface area contributed by atoms with Crippen LogP contribution in [0.4, 0.5) is 0 Å². The molecular formula is C14H14N4O. The number of fused-ring (bicyclic) bond motifs is 1. The van der Waals surface area contributed by atoms with Crippen LogP contribution in [0.1, 0.15) is 11.1 Å². The molecule has 0 fully saturated rings. The zero-order chi connectivity index (χ0) is 13.1. The Hall–Kier alpha value is -2.56. The van der Waals surface area contributed by atoms with Crippen molar-refractivity contribution in [1.82, 2.24) is 20.5 Å². The predicted molar refractivity (Wildman–Crippen MR) is 72.4 cm³/mol. The Morgan fingerprint density at radius 1 is 1.26 bits per heavy atom. The van der Waals surface area contributed by atoms with Crippen molar-refractivity contribution >= 4 is 16.8 Å². The van der Waals surface area contributed by atoms with E-state index < -0.39 is 0 Å². The first-order valence-corrected chi connectivity index (χ1v) is 6.12. The zero-order valence-electron chi connectivity index (χ0n) is 10.3. The van der Waals surface area contributed by atoms with Crippen LogP contribution >= 0.6 is 0 Å². The van der Waals surface area contributed by atoms with Crippen LogP contribution < -0.4 is 5.32 Å². The fraction of sp³-hybridized carbons (Fsp3) is 0.143. The number of carbonyl (C=O) groups excluding carboxylic acids is 1. The van der Waals surface area contributed by atoms with E-state index in [0.717, 1.165) is 22.0 Å². The van der Waals surface area contributed by atoms with Gasteiger partial charge in [-0.1, -0.05) is 18.2 Å². The summed E-state index contributed by atoms with van der Waals surface area (Å²) >= 11 is 0. The molecule has 3 rings (SSSR count). The molecule has 0 saturated heterocycles. The van der Waals surface area contributed by atoms with E-state index in [1.54, 1.807) is 12.4 Å². The Morgan fingerprint density at radius 3 is 3.00 bits per heavy atom. The van der Waals surface area contributed by atoms with Gasteiger partial charge in [-0.3, -0.25) is 9.89 Å². The van der Waals surface area contributed by atoms with Crippen molar-refractivity contribution in [1.29, 1.82) is 0 Å². The van der Waals surface area contributed by atoms with Crippen LogP contribution in [0.5, 0.6) is 0 Å². The summed E-state index contributed by atoms with van der Waals surface area (Å²) in [4.78, 5) is 15.1. The van der Waals surface area contributed by atoms with Gasteiger partial charge in [0.1, 0.15) is 0 Å². The van der Waals surface area contributed by atoms with Gasteiger partial charge in [-0.05, 0) is 11.6 Å². The minimum atomic E-state index is 0.00551. The highest BCUT2D eigenvalue weighted by molar-refractivity contribution is 5.88. The molecule has 0 bridgehead atoms. The van der Waals surface area contributed by atoms with E-state index in [1.165, 1.54) is 0 Å². The summed E-state index contributed by atoms with van der Waals surface area (Å²) in [6.45, 7) is 0.498. The lowest BCUT2D eigenvalue weighted by Crippen LogP contribution is -2.24. The molecular weight excluding hydrogens is 240 g/mol. The third kappa shape index (κ3) is 2.49. The highest BCUT2D eigenvalue weighted by Crippen LogP contribution is 2.17. The molecule has 3 aromatic rings. The van der Waals surface area contributed by atoms with Gasteiger partial charge < -0.3 is 10.3 Å². The lowest BCUT2D eigenvalue weighted by atomic mass is 10.1. The van der Waals surface area contributed by atoms with Crippen LogP contribution in [-0.2, 0) is 17.8 Å². The molecule has 1 amide bonds. The molecule has 0 spiro atoms. The monoisotopic (exact) mass is 254 g/mol. The highest BCUT2D eigenvalue weighted by atomic mass is 16.1. The summed E-state index contributed by atoms with van der Waals surface area (Å²) in [6.07, 6.45) is 5.74. The molecule has 3 N–H and O–H groups in total. The third-order valence-electron chi connectivity index (χ3n) is 3.07. The second-order valence-corrected chi connectivity index (χ2v) is 4.42. The molecule has 5 heteroatoms. The number of hydrogen-bond donors (Lipinski definition) is 3. The number of hydrogen-bond acceptors (Lipinski definition) is 2. The van der Waals surface area contributed by atoms with E-state index in [9.17, 15) is 4.79 Å². The third-order valence-corrected chi connectivity index (χ3v) is 3.07. The molecule has 19 heavy (non-hydrogen) atoms. The number of nitrogens with zero attached hydrogens (tertiary/aromatic N) is 1. The summed E-state index contributed by atoms with van der Waals surface area (Å²) in [6, 6.07) is 7.97.